The van der Waals surface area contributed by atoms with Crippen LogP contribution >= 0.6 is 0 Å². The molecule has 0 saturated carbocycles. The number of likely N-dealkylation sites (tertiary alicyclic amines) is 1. The molecule has 0 spiro atoms. The van der Waals surface area contributed by atoms with E-state index < -0.39 is 0 Å². The van der Waals surface area contributed by atoms with Gasteiger partial charge in [-0.05, 0) is 25.3 Å². The van der Waals surface area contributed by atoms with Crippen LogP contribution in [-0.2, 0) is 4.79 Å². The molecule has 2 aliphatic rings. The van der Waals surface area contributed by atoms with Crippen molar-refractivity contribution >= 4 is 5.91 Å². The zero-order valence-corrected chi connectivity index (χ0v) is 8.25. The second-order valence-electron chi connectivity index (χ2n) is 4.11. The molecule has 0 radical (unpaired) electrons. The predicted octanol–water partition coefficient (Wildman–Crippen LogP) is 0.607. The SMILES string of the molecule is CCCN1C(=O)CC2CCNCC21. The fourth-order valence-corrected chi connectivity index (χ4v) is 2.56. The molecule has 74 valence electrons. The Bertz CT molecular complexity index is 205. The number of piperidine rings is 1. The van der Waals surface area contributed by atoms with E-state index in [0.29, 0.717) is 17.9 Å². The van der Waals surface area contributed by atoms with E-state index in [0.717, 1.165) is 32.5 Å². The van der Waals surface area contributed by atoms with Crippen LogP contribution in [0, 0.1) is 5.92 Å². The zero-order valence-electron chi connectivity index (χ0n) is 8.25. The Labute approximate surface area is 79.5 Å². The molecule has 2 aliphatic heterocycles. The van der Waals surface area contributed by atoms with Crippen LogP contribution in [0.2, 0.25) is 0 Å². The topological polar surface area (TPSA) is 32.3 Å². The normalized spacial score (nSPS) is 33.6. The number of carbonyl (C=O) groups excluding carboxylic acids is 1. The van der Waals surface area contributed by atoms with Gasteiger partial charge in [0.2, 0.25) is 5.91 Å². The Morgan fingerprint density at radius 2 is 2.46 bits per heavy atom. The van der Waals surface area contributed by atoms with E-state index in [1.165, 1.54) is 6.42 Å². The van der Waals surface area contributed by atoms with Crippen molar-refractivity contribution in [3.63, 3.8) is 0 Å². The third-order valence-electron chi connectivity index (χ3n) is 3.21. The van der Waals surface area contributed by atoms with Crippen molar-refractivity contribution in [2.24, 2.45) is 5.92 Å². The Kier molecular flexibility index (Phi) is 2.54. The van der Waals surface area contributed by atoms with Crippen molar-refractivity contribution in [2.45, 2.75) is 32.2 Å². The highest BCUT2D eigenvalue weighted by molar-refractivity contribution is 5.79. The average molecular weight is 182 g/mol. The molecule has 1 amide bonds. The van der Waals surface area contributed by atoms with Crippen molar-refractivity contribution in [3.05, 3.63) is 0 Å². The minimum absolute atomic E-state index is 0.376. The van der Waals surface area contributed by atoms with Crippen LogP contribution in [0.25, 0.3) is 0 Å². The van der Waals surface area contributed by atoms with Crippen molar-refractivity contribution in [1.29, 1.82) is 0 Å². The van der Waals surface area contributed by atoms with Gasteiger partial charge in [0.1, 0.15) is 0 Å². The predicted molar refractivity (Wildman–Crippen MR) is 51.4 cm³/mol. The van der Waals surface area contributed by atoms with Crippen LogP contribution in [0.5, 0.6) is 0 Å². The molecule has 3 heteroatoms. The molecule has 2 atom stereocenters. The maximum Gasteiger partial charge on any atom is 0.223 e. The monoisotopic (exact) mass is 182 g/mol. The van der Waals surface area contributed by atoms with E-state index in [1.807, 2.05) is 0 Å². The molecule has 0 aromatic carbocycles. The summed E-state index contributed by atoms with van der Waals surface area (Å²) in [5.41, 5.74) is 0. The number of carbonyl (C=O) groups is 1. The summed E-state index contributed by atoms with van der Waals surface area (Å²) < 4.78 is 0. The molecule has 0 bridgehead atoms. The van der Waals surface area contributed by atoms with Gasteiger partial charge in [0.25, 0.3) is 0 Å². The van der Waals surface area contributed by atoms with Crippen LogP contribution in [-0.4, -0.2) is 36.5 Å². The van der Waals surface area contributed by atoms with E-state index >= 15 is 0 Å². The van der Waals surface area contributed by atoms with Gasteiger partial charge >= 0.3 is 0 Å². The second kappa shape index (κ2) is 3.66. The zero-order chi connectivity index (χ0) is 9.26. The number of hydrogen-bond donors (Lipinski definition) is 1. The van der Waals surface area contributed by atoms with Gasteiger partial charge < -0.3 is 10.2 Å². The molecular weight excluding hydrogens is 164 g/mol. The summed E-state index contributed by atoms with van der Waals surface area (Å²) in [5, 5.41) is 3.37. The summed E-state index contributed by atoms with van der Waals surface area (Å²) in [7, 11) is 0. The largest absolute Gasteiger partial charge is 0.338 e. The molecule has 0 aromatic heterocycles. The minimum atomic E-state index is 0.376. The lowest BCUT2D eigenvalue weighted by atomic mass is 9.93. The number of fused-ring (bicyclic) bond motifs is 1. The molecule has 1 N–H and O–H groups in total. The third kappa shape index (κ3) is 1.57. The van der Waals surface area contributed by atoms with E-state index in [1.54, 1.807) is 0 Å². The van der Waals surface area contributed by atoms with Gasteiger partial charge in [0.15, 0.2) is 0 Å². The van der Waals surface area contributed by atoms with Gasteiger partial charge in [0.05, 0.1) is 0 Å². The molecule has 2 unspecified atom stereocenters. The maximum atomic E-state index is 11.6. The van der Waals surface area contributed by atoms with Crippen molar-refractivity contribution in [1.82, 2.24) is 10.2 Å². The average Bonchev–Trinajstić information content (AvgIpc) is 2.44. The Hall–Kier alpha value is -0.570. The first-order valence-corrected chi connectivity index (χ1v) is 5.33. The highest BCUT2D eigenvalue weighted by atomic mass is 16.2. The summed E-state index contributed by atoms with van der Waals surface area (Å²) in [6, 6.07) is 0.501. The number of nitrogens with one attached hydrogen (secondary N) is 1. The van der Waals surface area contributed by atoms with Gasteiger partial charge in [0, 0.05) is 25.6 Å². The van der Waals surface area contributed by atoms with Crippen LogP contribution in [0.1, 0.15) is 26.2 Å². The molecule has 13 heavy (non-hydrogen) atoms. The van der Waals surface area contributed by atoms with Crippen molar-refractivity contribution < 1.29 is 4.79 Å². The van der Waals surface area contributed by atoms with Gasteiger partial charge in [-0.25, -0.2) is 0 Å². The van der Waals surface area contributed by atoms with Crippen molar-refractivity contribution in [2.75, 3.05) is 19.6 Å². The van der Waals surface area contributed by atoms with E-state index in [9.17, 15) is 4.79 Å². The number of amides is 1. The van der Waals surface area contributed by atoms with E-state index in [2.05, 4.69) is 17.1 Å². The number of rotatable bonds is 2. The van der Waals surface area contributed by atoms with E-state index in [4.69, 9.17) is 0 Å². The molecule has 3 nitrogen and oxygen atoms in total. The van der Waals surface area contributed by atoms with Gasteiger partial charge in [-0.1, -0.05) is 6.92 Å². The number of hydrogen-bond acceptors (Lipinski definition) is 2. The summed E-state index contributed by atoms with van der Waals surface area (Å²) >= 11 is 0. The molecule has 2 heterocycles. The second-order valence-corrected chi connectivity index (χ2v) is 4.11. The molecule has 2 fully saturated rings. The van der Waals surface area contributed by atoms with Gasteiger partial charge in [-0.15, -0.1) is 0 Å². The fraction of sp³-hybridized carbons (Fsp3) is 0.900. The fourth-order valence-electron chi connectivity index (χ4n) is 2.56. The molecular formula is C10H18N2O. The van der Waals surface area contributed by atoms with Gasteiger partial charge in [-0.3, -0.25) is 4.79 Å². The molecule has 0 aliphatic carbocycles. The van der Waals surface area contributed by atoms with Crippen molar-refractivity contribution in [3.8, 4) is 0 Å². The Balaban J connectivity index is 2.04. The lowest BCUT2D eigenvalue weighted by Crippen LogP contribution is -2.46. The summed E-state index contributed by atoms with van der Waals surface area (Å²) in [5.74, 6) is 1.01. The highest BCUT2D eigenvalue weighted by Gasteiger charge is 2.39. The molecule has 2 saturated heterocycles. The molecule has 2 rings (SSSR count). The van der Waals surface area contributed by atoms with E-state index in [-0.39, 0.29) is 0 Å². The minimum Gasteiger partial charge on any atom is -0.338 e. The van der Waals surface area contributed by atoms with Crippen LogP contribution in [0.15, 0.2) is 0 Å². The lowest BCUT2D eigenvalue weighted by molar-refractivity contribution is -0.128. The summed E-state index contributed by atoms with van der Waals surface area (Å²) in [6.07, 6.45) is 3.05. The Morgan fingerprint density at radius 3 is 3.23 bits per heavy atom. The van der Waals surface area contributed by atoms with Crippen LogP contribution in [0.3, 0.4) is 0 Å². The molecule has 0 aromatic rings. The third-order valence-corrected chi connectivity index (χ3v) is 3.21. The van der Waals surface area contributed by atoms with Crippen LogP contribution < -0.4 is 5.32 Å². The lowest BCUT2D eigenvalue weighted by Gasteiger charge is -2.31. The number of nitrogens with zero attached hydrogens (tertiary/aromatic N) is 1. The maximum absolute atomic E-state index is 11.6. The first-order valence-electron chi connectivity index (χ1n) is 5.33. The highest BCUT2D eigenvalue weighted by Crippen LogP contribution is 2.29. The quantitative estimate of drug-likeness (QED) is 0.678. The summed E-state index contributed by atoms with van der Waals surface area (Å²) in [4.78, 5) is 13.7. The van der Waals surface area contributed by atoms with Crippen LogP contribution in [0.4, 0.5) is 0 Å². The first kappa shape index (κ1) is 9.00. The smallest absolute Gasteiger partial charge is 0.223 e. The first-order chi connectivity index (χ1) is 6.33. The Morgan fingerprint density at radius 1 is 1.62 bits per heavy atom. The standard InChI is InChI=1S/C10H18N2O/c1-2-5-12-9-7-11-4-3-8(9)6-10(12)13/h8-9,11H,2-7H2,1H3. The summed E-state index contributed by atoms with van der Waals surface area (Å²) in [6.45, 7) is 5.18. The van der Waals surface area contributed by atoms with Gasteiger partial charge in [-0.2, -0.15) is 0 Å².